The van der Waals surface area contributed by atoms with Crippen molar-refractivity contribution in [3.05, 3.63) is 170 Å². The van der Waals surface area contributed by atoms with Gasteiger partial charge < -0.3 is 9.32 Å². The van der Waals surface area contributed by atoms with E-state index in [1.807, 2.05) is 30.5 Å². The molecule has 44 heavy (non-hydrogen) atoms. The van der Waals surface area contributed by atoms with Crippen molar-refractivity contribution in [3.63, 3.8) is 0 Å². The molecule has 0 bridgehead atoms. The van der Waals surface area contributed by atoms with Gasteiger partial charge in [0.25, 0.3) is 0 Å². The van der Waals surface area contributed by atoms with Gasteiger partial charge >= 0.3 is 0 Å². The molecule has 0 N–H and O–H groups in total. The van der Waals surface area contributed by atoms with E-state index in [0.29, 0.717) is 0 Å². The summed E-state index contributed by atoms with van der Waals surface area (Å²) >= 11 is 0. The van der Waals surface area contributed by atoms with Gasteiger partial charge in [0, 0.05) is 17.4 Å². The van der Waals surface area contributed by atoms with Crippen LogP contribution in [0.1, 0.15) is 0 Å². The lowest BCUT2D eigenvalue weighted by Crippen LogP contribution is -2.11. The highest BCUT2D eigenvalue weighted by atomic mass is 16.3. The van der Waals surface area contributed by atoms with Gasteiger partial charge in [-0.1, -0.05) is 121 Å². The fourth-order valence-corrected chi connectivity index (χ4v) is 6.04. The monoisotopic (exact) mass is 564 g/mol. The summed E-state index contributed by atoms with van der Waals surface area (Å²) in [6, 6.07) is 57.3. The normalized spacial score (nSPS) is 11.2. The van der Waals surface area contributed by atoms with Crippen LogP contribution in [0, 0.1) is 0 Å². The molecule has 2 heterocycles. The van der Waals surface area contributed by atoms with E-state index in [2.05, 4.69) is 144 Å². The van der Waals surface area contributed by atoms with Gasteiger partial charge in [0.1, 0.15) is 11.1 Å². The van der Waals surface area contributed by atoms with Crippen LogP contribution < -0.4 is 4.90 Å². The molecule has 8 rings (SSSR count). The summed E-state index contributed by atoms with van der Waals surface area (Å²) in [4.78, 5) is 7.07. The molecular weight excluding hydrogens is 536 g/mol. The SMILES string of the molecule is c1ccc(-c2ccc(-c3ccc(N(c4ccccc4-c4ccccc4)c4cccc5oc6cccnc6c45)cc3)cc2)cc1. The van der Waals surface area contributed by atoms with Gasteiger partial charge in [-0.15, -0.1) is 0 Å². The molecule has 0 aliphatic heterocycles. The summed E-state index contributed by atoms with van der Waals surface area (Å²) < 4.78 is 6.26. The molecule has 0 aliphatic rings. The number of hydrogen-bond donors (Lipinski definition) is 0. The minimum Gasteiger partial charge on any atom is -0.454 e. The van der Waals surface area contributed by atoms with Crippen molar-refractivity contribution in [1.29, 1.82) is 0 Å². The molecule has 0 spiro atoms. The Labute approximate surface area is 256 Å². The number of para-hydroxylation sites is 1. The first kappa shape index (κ1) is 25.8. The molecule has 8 aromatic rings. The van der Waals surface area contributed by atoms with Crippen molar-refractivity contribution >= 4 is 39.1 Å². The summed E-state index contributed by atoms with van der Waals surface area (Å²) in [5.41, 5.74) is 12.7. The quantitative estimate of drug-likeness (QED) is 0.201. The molecule has 3 nitrogen and oxygen atoms in total. The van der Waals surface area contributed by atoms with E-state index < -0.39 is 0 Å². The first-order chi connectivity index (χ1) is 21.8. The molecule has 0 saturated heterocycles. The first-order valence-electron chi connectivity index (χ1n) is 14.8. The van der Waals surface area contributed by atoms with E-state index in [9.17, 15) is 0 Å². The van der Waals surface area contributed by atoms with Crippen molar-refractivity contribution in [2.75, 3.05) is 4.90 Å². The Morgan fingerprint density at radius 3 is 1.66 bits per heavy atom. The molecule has 0 aliphatic carbocycles. The van der Waals surface area contributed by atoms with E-state index in [-0.39, 0.29) is 0 Å². The van der Waals surface area contributed by atoms with Crippen molar-refractivity contribution in [1.82, 2.24) is 4.98 Å². The van der Waals surface area contributed by atoms with Gasteiger partial charge in [0.05, 0.1) is 16.8 Å². The number of rotatable bonds is 6. The predicted molar refractivity (Wildman–Crippen MR) is 183 cm³/mol. The first-order valence-corrected chi connectivity index (χ1v) is 14.8. The van der Waals surface area contributed by atoms with Gasteiger partial charge in [-0.05, 0) is 70.3 Å². The number of benzene rings is 6. The molecule has 0 atom stereocenters. The van der Waals surface area contributed by atoms with Crippen LogP contribution >= 0.6 is 0 Å². The highest BCUT2D eigenvalue weighted by Crippen LogP contribution is 2.45. The average Bonchev–Trinajstić information content (AvgIpc) is 3.49. The smallest absolute Gasteiger partial charge is 0.153 e. The zero-order chi connectivity index (χ0) is 29.3. The van der Waals surface area contributed by atoms with E-state index in [0.717, 1.165) is 50.3 Å². The largest absolute Gasteiger partial charge is 0.454 e. The van der Waals surface area contributed by atoms with Crippen LogP contribution in [0.25, 0.3) is 55.4 Å². The summed E-state index contributed by atoms with van der Waals surface area (Å²) in [5, 5.41) is 0.992. The maximum Gasteiger partial charge on any atom is 0.153 e. The second-order valence-corrected chi connectivity index (χ2v) is 10.8. The zero-order valence-electron chi connectivity index (χ0n) is 24.0. The minimum atomic E-state index is 0.778. The Balaban J connectivity index is 1.28. The second-order valence-electron chi connectivity index (χ2n) is 10.8. The van der Waals surface area contributed by atoms with E-state index >= 15 is 0 Å². The second kappa shape index (κ2) is 11.0. The molecule has 2 aromatic heterocycles. The molecular formula is C41H28N2O. The van der Waals surface area contributed by atoms with Crippen LogP contribution in [0.2, 0.25) is 0 Å². The number of pyridine rings is 1. The highest BCUT2D eigenvalue weighted by molar-refractivity contribution is 6.12. The van der Waals surface area contributed by atoms with Gasteiger partial charge in [-0.25, -0.2) is 0 Å². The fourth-order valence-electron chi connectivity index (χ4n) is 6.04. The predicted octanol–water partition coefficient (Wildman–Crippen LogP) is 11.5. The summed E-state index contributed by atoms with van der Waals surface area (Å²) in [6.07, 6.45) is 1.83. The zero-order valence-corrected chi connectivity index (χ0v) is 24.0. The third-order valence-electron chi connectivity index (χ3n) is 8.15. The van der Waals surface area contributed by atoms with Gasteiger partial charge in [-0.2, -0.15) is 0 Å². The lowest BCUT2D eigenvalue weighted by atomic mass is 9.99. The Kier molecular flexibility index (Phi) is 6.47. The lowest BCUT2D eigenvalue weighted by molar-refractivity contribution is 0.668. The van der Waals surface area contributed by atoms with Gasteiger partial charge in [0.15, 0.2) is 5.58 Å². The lowest BCUT2D eigenvalue weighted by Gasteiger charge is -2.28. The standard InChI is InChI=1S/C41H28N2O/c1-3-11-29(12-4-1)30-20-22-31(23-21-30)32-24-26-34(27-25-32)43(36-16-8-7-15-35(36)33-13-5-2-6-14-33)37-17-9-18-38-40(37)41-39(44-38)19-10-28-42-41/h1-28H. The van der Waals surface area contributed by atoms with Crippen LogP contribution in [0.15, 0.2) is 174 Å². The molecule has 3 heteroatoms. The maximum absolute atomic E-state index is 6.26. The number of hydrogen-bond acceptors (Lipinski definition) is 3. The fraction of sp³-hybridized carbons (Fsp3) is 0. The minimum absolute atomic E-state index is 0.778. The molecule has 0 amide bonds. The number of aromatic nitrogens is 1. The summed E-state index contributed by atoms with van der Waals surface area (Å²) in [5.74, 6) is 0. The average molecular weight is 565 g/mol. The molecule has 0 saturated carbocycles. The third kappa shape index (κ3) is 4.61. The van der Waals surface area contributed by atoms with Crippen molar-refractivity contribution < 1.29 is 4.42 Å². The van der Waals surface area contributed by atoms with E-state index in [4.69, 9.17) is 9.40 Å². The maximum atomic E-state index is 6.26. The van der Waals surface area contributed by atoms with E-state index in [1.165, 1.54) is 22.3 Å². The number of furan rings is 1. The van der Waals surface area contributed by atoms with Crippen LogP contribution in [0.3, 0.4) is 0 Å². The summed E-state index contributed by atoms with van der Waals surface area (Å²) in [6.45, 7) is 0. The topological polar surface area (TPSA) is 29.3 Å². The summed E-state index contributed by atoms with van der Waals surface area (Å²) in [7, 11) is 0. The Morgan fingerprint density at radius 2 is 0.955 bits per heavy atom. The van der Waals surface area contributed by atoms with Crippen LogP contribution in [-0.4, -0.2) is 4.98 Å². The van der Waals surface area contributed by atoms with Crippen LogP contribution in [0.5, 0.6) is 0 Å². The number of nitrogens with zero attached hydrogens (tertiary/aromatic N) is 2. The molecule has 0 unspecified atom stereocenters. The number of fused-ring (bicyclic) bond motifs is 3. The third-order valence-corrected chi connectivity index (χ3v) is 8.15. The molecule has 6 aromatic carbocycles. The Morgan fingerprint density at radius 1 is 0.409 bits per heavy atom. The van der Waals surface area contributed by atoms with Gasteiger partial charge in [-0.3, -0.25) is 4.98 Å². The van der Waals surface area contributed by atoms with Crippen molar-refractivity contribution in [2.24, 2.45) is 0 Å². The Hall–Kier alpha value is -5.93. The molecule has 0 radical (unpaired) electrons. The van der Waals surface area contributed by atoms with E-state index in [1.54, 1.807) is 0 Å². The van der Waals surface area contributed by atoms with Gasteiger partial charge in [0.2, 0.25) is 0 Å². The number of anilines is 3. The highest BCUT2D eigenvalue weighted by Gasteiger charge is 2.22. The van der Waals surface area contributed by atoms with Crippen LogP contribution in [0.4, 0.5) is 17.1 Å². The molecule has 0 fully saturated rings. The molecule has 208 valence electrons. The Bertz CT molecular complexity index is 2200. The van der Waals surface area contributed by atoms with Crippen LogP contribution in [-0.2, 0) is 0 Å². The van der Waals surface area contributed by atoms with Crippen molar-refractivity contribution in [2.45, 2.75) is 0 Å². The van der Waals surface area contributed by atoms with Crippen molar-refractivity contribution in [3.8, 4) is 33.4 Å².